The number of halogens is 1. The van der Waals surface area contributed by atoms with Gasteiger partial charge in [-0.15, -0.1) is 24.0 Å². The molecule has 1 aliphatic rings. The Morgan fingerprint density at radius 3 is 2.82 bits per heavy atom. The van der Waals surface area contributed by atoms with Crippen molar-refractivity contribution < 1.29 is 9.53 Å². The highest BCUT2D eigenvalue weighted by molar-refractivity contribution is 14.0. The Kier molecular flexibility index (Phi) is 7.60. The van der Waals surface area contributed by atoms with Gasteiger partial charge in [-0.3, -0.25) is 9.79 Å². The summed E-state index contributed by atoms with van der Waals surface area (Å²) in [7, 11) is 0. The molecule has 6 nitrogen and oxygen atoms in total. The first-order valence-electron chi connectivity index (χ1n) is 7.19. The van der Waals surface area contributed by atoms with Crippen molar-refractivity contribution in [3.8, 4) is 0 Å². The van der Waals surface area contributed by atoms with Crippen LogP contribution < -0.4 is 16.8 Å². The number of hydrogen-bond acceptors (Lipinski definition) is 3. The normalized spacial score (nSPS) is 21.2. The van der Waals surface area contributed by atoms with Crippen molar-refractivity contribution in [1.29, 1.82) is 0 Å². The van der Waals surface area contributed by atoms with Gasteiger partial charge in [-0.2, -0.15) is 0 Å². The van der Waals surface area contributed by atoms with Crippen molar-refractivity contribution in [1.82, 2.24) is 0 Å². The lowest BCUT2D eigenvalue weighted by Crippen LogP contribution is -2.29. The van der Waals surface area contributed by atoms with Crippen LogP contribution in [-0.2, 0) is 16.0 Å². The summed E-state index contributed by atoms with van der Waals surface area (Å²) in [6.45, 7) is 2.53. The van der Waals surface area contributed by atoms with Crippen LogP contribution in [-0.4, -0.2) is 30.6 Å². The molecule has 1 aromatic rings. The average Bonchev–Trinajstić information content (AvgIpc) is 2.94. The fraction of sp³-hybridized carbons (Fsp3) is 0.467. The smallest absolute Gasteiger partial charge is 0.246 e. The molecular formula is C15H23IN4O2. The molecule has 2 rings (SSSR count). The van der Waals surface area contributed by atoms with E-state index in [-0.39, 0.29) is 30.1 Å². The molecule has 1 aliphatic heterocycles. The van der Waals surface area contributed by atoms with E-state index in [2.05, 4.69) is 23.3 Å². The molecule has 0 saturated carbocycles. The first kappa shape index (κ1) is 18.7. The molecule has 2 atom stereocenters. The first-order valence-corrected chi connectivity index (χ1v) is 7.19. The third kappa shape index (κ3) is 5.45. The number of amides is 1. The van der Waals surface area contributed by atoms with E-state index >= 15 is 0 Å². The van der Waals surface area contributed by atoms with Crippen molar-refractivity contribution in [3.05, 3.63) is 29.8 Å². The van der Waals surface area contributed by atoms with Crippen LogP contribution in [0, 0.1) is 0 Å². The van der Waals surface area contributed by atoms with Crippen molar-refractivity contribution in [2.24, 2.45) is 16.5 Å². The second-order valence-corrected chi connectivity index (χ2v) is 5.13. The summed E-state index contributed by atoms with van der Waals surface area (Å²) in [5, 5.41) is 3.06. The number of nitrogens with one attached hydrogen (secondary N) is 1. The number of primary amides is 1. The van der Waals surface area contributed by atoms with Gasteiger partial charge in [0.15, 0.2) is 5.96 Å². The summed E-state index contributed by atoms with van der Waals surface area (Å²) >= 11 is 0. The number of carbonyl (C=O) groups excluding carboxylic acids is 1. The zero-order chi connectivity index (χ0) is 15.2. The fourth-order valence-electron chi connectivity index (χ4n) is 2.31. The third-order valence-corrected chi connectivity index (χ3v) is 3.50. The molecular weight excluding hydrogens is 395 g/mol. The number of aliphatic imine (C=N–C) groups is 1. The highest BCUT2D eigenvalue weighted by Gasteiger charge is 2.28. The number of nitrogens with two attached hydrogens (primary N) is 2. The van der Waals surface area contributed by atoms with E-state index in [1.54, 1.807) is 0 Å². The second kappa shape index (κ2) is 8.94. The van der Waals surface area contributed by atoms with Crippen LogP contribution in [0.5, 0.6) is 0 Å². The minimum Gasteiger partial charge on any atom is -0.370 e. The van der Waals surface area contributed by atoms with Crippen LogP contribution in [0.4, 0.5) is 5.69 Å². The number of nitrogens with zero attached hydrogens (tertiary/aromatic N) is 1. The Hall–Kier alpha value is -1.35. The van der Waals surface area contributed by atoms with Crippen molar-refractivity contribution in [3.63, 3.8) is 0 Å². The summed E-state index contributed by atoms with van der Waals surface area (Å²) < 4.78 is 5.50. The molecule has 1 amide bonds. The highest BCUT2D eigenvalue weighted by Crippen LogP contribution is 2.19. The van der Waals surface area contributed by atoms with Gasteiger partial charge in [0.2, 0.25) is 5.91 Å². The highest BCUT2D eigenvalue weighted by atomic mass is 127. The zero-order valence-corrected chi connectivity index (χ0v) is 14.9. The van der Waals surface area contributed by atoms with Gasteiger partial charge in [-0.25, -0.2) is 0 Å². The van der Waals surface area contributed by atoms with E-state index < -0.39 is 12.0 Å². The summed E-state index contributed by atoms with van der Waals surface area (Å²) in [4.78, 5) is 15.3. The van der Waals surface area contributed by atoms with Crippen LogP contribution in [0.3, 0.4) is 0 Å². The van der Waals surface area contributed by atoms with Gasteiger partial charge in [0, 0.05) is 5.69 Å². The molecule has 22 heavy (non-hydrogen) atoms. The fourth-order valence-corrected chi connectivity index (χ4v) is 2.31. The number of rotatable bonds is 5. The number of carbonyl (C=O) groups is 1. The van der Waals surface area contributed by atoms with Gasteiger partial charge >= 0.3 is 0 Å². The van der Waals surface area contributed by atoms with E-state index in [1.807, 2.05) is 18.2 Å². The van der Waals surface area contributed by atoms with Crippen molar-refractivity contribution >= 4 is 41.5 Å². The number of benzene rings is 1. The molecule has 5 N–H and O–H groups in total. The summed E-state index contributed by atoms with van der Waals surface area (Å²) in [5.74, 6) is -0.0710. The van der Waals surface area contributed by atoms with Gasteiger partial charge in [-0.1, -0.05) is 19.1 Å². The number of anilines is 1. The van der Waals surface area contributed by atoms with Crippen LogP contribution >= 0.6 is 24.0 Å². The van der Waals surface area contributed by atoms with Crippen molar-refractivity contribution in [2.45, 2.75) is 38.4 Å². The van der Waals surface area contributed by atoms with Gasteiger partial charge in [0.05, 0.1) is 12.6 Å². The molecule has 0 radical (unpaired) electrons. The Morgan fingerprint density at radius 2 is 2.18 bits per heavy atom. The number of hydrogen-bond donors (Lipinski definition) is 3. The molecule has 2 unspecified atom stereocenters. The van der Waals surface area contributed by atoms with E-state index in [4.69, 9.17) is 16.2 Å². The predicted octanol–water partition coefficient (Wildman–Crippen LogP) is 1.63. The molecule has 0 aliphatic carbocycles. The Bertz CT molecular complexity index is 536. The van der Waals surface area contributed by atoms with Gasteiger partial charge in [-0.05, 0) is 37.0 Å². The Balaban J connectivity index is 0.00000242. The SMILES string of the molecule is CCc1cccc(NC(N)=NCC2CCC(C(N)=O)O2)c1.I. The van der Waals surface area contributed by atoms with E-state index in [0.717, 1.165) is 18.5 Å². The first-order chi connectivity index (χ1) is 10.1. The molecule has 122 valence electrons. The predicted molar refractivity (Wildman–Crippen MR) is 98.4 cm³/mol. The monoisotopic (exact) mass is 418 g/mol. The molecule has 7 heteroatoms. The maximum absolute atomic E-state index is 11.0. The van der Waals surface area contributed by atoms with Gasteiger partial charge < -0.3 is 21.5 Å². The average molecular weight is 418 g/mol. The Labute approximate surface area is 147 Å². The van der Waals surface area contributed by atoms with Gasteiger partial charge in [0.1, 0.15) is 6.10 Å². The maximum Gasteiger partial charge on any atom is 0.246 e. The lowest BCUT2D eigenvalue weighted by Gasteiger charge is -2.10. The second-order valence-electron chi connectivity index (χ2n) is 5.13. The van der Waals surface area contributed by atoms with Crippen molar-refractivity contribution in [2.75, 3.05) is 11.9 Å². The van der Waals surface area contributed by atoms with Crippen LogP contribution in [0.15, 0.2) is 29.3 Å². The van der Waals surface area contributed by atoms with E-state index in [1.165, 1.54) is 5.56 Å². The molecule has 0 spiro atoms. The lowest BCUT2D eigenvalue weighted by atomic mass is 10.1. The summed E-state index contributed by atoms with van der Waals surface area (Å²) in [6, 6.07) is 8.02. The molecule has 1 saturated heterocycles. The Morgan fingerprint density at radius 1 is 1.41 bits per heavy atom. The molecule has 1 aromatic carbocycles. The molecule has 1 heterocycles. The molecule has 1 fully saturated rings. The number of aryl methyl sites for hydroxylation is 1. The molecule has 0 bridgehead atoms. The lowest BCUT2D eigenvalue weighted by molar-refractivity contribution is -0.128. The standard InChI is InChI=1S/C15H22N4O2.HI/c1-2-10-4-3-5-11(8-10)19-15(17)18-9-12-6-7-13(21-12)14(16)20;/h3-5,8,12-13H,2,6-7,9H2,1H3,(H2,16,20)(H3,17,18,19);1H. The number of ether oxygens (including phenoxy) is 1. The summed E-state index contributed by atoms with van der Waals surface area (Å²) in [5.41, 5.74) is 13.2. The number of guanidine groups is 1. The van der Waals surface area contributed by atoms with Crippen LogP contribution in [0.1, 0.15) is 25.3 Å². The molecule has 0 aromatic heterocycles. The van der Waals surface area contributed by atoms with Gasteiger partial charge in [0.25, 0.3) is 0 Å². The largest absolute Gasteiger partial charge is 0.370 e. The summed E-state index contributed by atoms with van der Waals surface area (Å²) in [6.07, 6.45) is 1.82. The van der Waals surface area contributed by atoms with Crippen LogP contribution in [0.25, 0.3) is 0 Å². The topological polar surface area (TPSA) is 103 Å². The third-order valence-electron chi connectivity index (χ3n) is 3.50. The minimum absolute atomic E-state index is 0. The van der Waals surface area contributed by atoms with E-state index in [9.17, 15) is 4.79 Å². The van der Waals surface area contributed by atoms with E-state index in [0.29, 0.717) is 18.9 Å². The van der Waals surface area contributed by atoms with Crippen LogP contribution in [0.2, 0.25) is 0 Å². The maximum atomic E-state index is 11.0. The zero-order valence-electron chi connectivity index (χ0n) is 12.6. The quantitative estimate of drug-likeness (QED) is 0.384. The minimum atomic E-state index is -0.486.